The molecule has 0 aromatic carbocycles. The number of nitrogens with zero attached hydrogens (tertiary/aromatic N) is 2. The van der Waals surface area contributed by atoms with Gasteiger partial charge < -0.3 is 20.8 Å². The van der Waals surface area contributed by atoms with Crippen LogP contribution in [0.4, 0.5) is 0 Å². The minimum atomic E-state index is -0.132. The zero-order valence-electron chi connectivity index (χ0n) is 10.5. The molecule has 0 aromatic heterocycles. The summed E-state index contributed by atoms with van der Waals surface area (Å²) in [6.07, 6.45) is 1.32. The lowest BCUT2D eigenvalue weighted by atomic mass is 10.0. The zero-order valence-corrected chi connectivity index (χ0v) is 10.5. The van der Waals surface area contributed by atoms with Crippen molar-refractivity contribution in [3.05, 3.63) is 0 Å². The van der Waals surface area contributed by atoms with Crippen LogP contribution in [-0.2, 0) is 4.74 Å². The Kier molecular flexibility index (Phi) is 5.67. The molecule has 1 aliphatic rings. The number of rotatable bonds is 5. The molecule has 0 aliphatic carbocycles. The predicted molar refractivity (Wildman–Crippen MR) is 65.1 cm³/mol. The van der Waals surface area contributed by atoms with Gasteiger partial charge in [-0.1, -0.05) is 12.1 Å². The van der Waals surface area contributed by atoms with Crippen LogP contribution in [0.1, 0.15) is 26.7 Å². The Morgan fingerprint density at radius 3 is 2.88 bits per heavy atom. The van der Waals surface area contributed by atoms with Crippen LogP contribution in [0.5, 0.6) is 0 Å². The van der Waals surface area contributed by atoms with Gasteiger partial charge in [0.1, 0.15) is 5.84 Å². The Balaban J connectivity index is 2.64. The first-order valence-corrected chi connectivity index (χ1v) is 6.06. The molecule has 0 radical (unpaired) electrons. The first-order chi connectivity index (χ1) is 8.12. The van der Waals surface area contributed by atoms with Gasteiger partial charge in [0.2, 0.25) is 0 Å². The fourth-order valence-electron chi connectivity index (χ4n) is 2.24. The van der Waals surface area contributed by atoms with Crippen LogP contribution < -0.4 is 5.73 Å². The van der Waals surface area contributed by atoms with Crippen LogP contribution >= 0.6 is 0 Å². The van der Waals surface area contributed by atoms with Gasteiger partial charge in [-0.15, -0.1) is 0 Å². The summed E-state index contributed by atoms with van der Waals surface area (Å²) in [6.45, 7) is 5.49. The van der Waals surface area contributed by atoms with E-state index in [9.17, 15) is 0 Å². The predicted octanol–water partition coefficient (Wildman–Crippen LogP) is -0.0169. The van der Waals surface area contributed by atoms with Gasteiger partial charge in [0.25, 0.3) is 0 Å². The summed E-state index contributed by atoms with van der Waals surface area (Å²) in [4.78, 5) is 2.27. The average molecular weight is 245 g/mol. The first kappa shape index (κ1) is 14.2. The van der Waals surface area contributed by atoms with E-state index < -0.39 is 0 Å². The number of oxime groups is 1. The normalized spacial score (nSPS) is 29.2. The van der Waals surface area contributed by atoms with Gasteiger partial charge in [0, 0.05) is 25.0 Å². The molecule has 17 heavy (non-hydrogen) atoms. The molecule has 3 atom stereocenters. The fraction of sp³-hybridized carbons (Fsp3) is 0.909. The standard InChI is InChI=1S/C11H23N3O3/c1-3-9(4-11(12)13-16)14-5-10(6-15)17-7-8(14)2/h8-10,15-16H,3-7H2,1-2H3,(H2,12,13). The van der Waals surface area contributed by atoms with E-state index in [2.05, 4.69) is 23.9 Å². The topological polar surface area (TPSA) is 91.3 Å². The maximum atomic E-state index is 9.14. The second kappa shape index (κ2) is 6.78. The number of hydrogen-bond acceptors (Lipinski definition) is 5. The van der Waals surface area contributed by atoms with E-state index in [1.807, 2.05) is 0 Å². The number of ether oxygens (including phenoxy) is 1. The van der Waals surface area contributed by atoms with Crippen molar-refractivity contribution in [3.63, 3.8) is 0 Å². The molecule has 1 rings (SSSR count). The van der Waals surface area contributed by atoms with Gasteiger partial charge in [-0.25, -0.2) is 0 Å². The number of morpholine rings is 1. The SMILES string of the molecule is CCC(CC(N)=NO)N1CC(CO)OCC1C. The Morgan fingerprint density at radius 1 is 1.65 bits per heavy atom. The van der Waals surface area contributed by atoms with Gasteiger partial charge in [0.05, 0.1) is 19.3 Å². The van der Waals surface area contributed by atoms with Crippen molar-refractivity contribution in [1.29, 1.82) is 0 Å². The van der Waals surface area contributed by atoms with Gasteiger partial charge in [-0.2, -0.15) is 0 Å². The molecule has 4 N–H and O–H groups in total. The smallest absolute Gasteiger partial charge is 0.140 e. The van der Waals surface area contributed by atoms with Crippen molar-refractivity contribution in [2.75, 3.05) is 19.8 Å². The third-order valence-corrected chi connectivity index (χ3v) is 3.27. The third kappa shape index (κ3) is 3.83. The highest BCUT2D eigenvalue weighted by molar-refractivity contribution is 5.80. The van der Waals surface area contributed by atoms with E-state index in [4.69, 9.17) is 20.8 Å². The lowest BCUT2D eigenvalue weighted by molar-refractivity contribution is -0.0907. The summed E-state index contributed by atoms with van der Waals surface area (Å²) < 4.78 is 5.49. The minimum absolute atomic E-state index is 0.0310. The first-order valence-electron chi connectivity index (χ1n) is 6.06. The monoisotopic (exact) mass is 245 g/mol. The maximum Gasteiger partial charge on any atom is 0.140 e. The number of nitrogens with two attached hydrogens (primary N) is 1. The van der Waals surface area contributed by atoms with Crippen LogP contribution in [-0.4, -0.2) is 59.0 Å². The quantitative estimate of drug-likeness (QED) is 0.274. The molecule has 0 amide bonds. The number of hydrogen-bond donors (Lipinski definition) is 3. The van der Waals surface area contributed by atoms with Crippen molar-refractivity contribution in [1.82, 2.24) is 4.90 Å². The number of aliphatic hydroxyl groups excluding tert-OH is 1. The average Bonchev–Trinajstić information content (AvgIpc) is 2.36. The molecule has 1 fully saturated rings. The molecule has 6 nitrogen and oxygen atoms in total. The molecule has 0 spiro atoms. The molecule has 100 valence electrons. The van der Waals surface area contributed by atoms with E-state index in [0.717, 1.165) is 6.42 Å². The van der Waals surface area contributed by atoms with Crippen molar-refractivity contribution in [3.8, 4) is 0 Å². The van der Waals surface area contributed by atoms with Crippen LogP contribution in [0.3, 0.4) is 0 Å². The largest absolute Gasteiger partial charge is 0.409 e. The summed E-state index contributed by atoms with van der Waals surface area (Å²) in [6, 6.07) is 0.507. The van der Waals surface area contributed by atoms with Gasteiger partial charge >= 0.3 is 0 Å². The summed E-state index contributed by atoms with van der Waals surface area (Å²) >= 11 is 0. The lowest BCUT2D eigenvalue weighted by Gasteiger charge is -2.42. The number of amidine groups is 1. The highest BCUT2D eigenvalue weighted by Gasteiger charge is 2.30. The number of aliphatic hydroxyl groups is 1. The van der Waals surface area contributed by atoms with E-state index >= 15 is 0 Å². The van der Waals surface area contributed by atoms with Gasteiger partial charge in [0.15, 0.2) is 0 Å². The van der Waals surface area contributed by atoms with E-state index in [1.54, 1.807) is 0 Å². The molecule has 0 bridgehead atoms. The Morgan fingerprint density at radius 2 is 2.35 bits per heavy atom. The van der Waals surface area contributed by atoms with Crippen LogP contribution in [0.15, 0.2) is 5.16 Å². The maximum absolute atomic E-state index is 9.14. The zero-order chi connectivity index (χ0) is 12.8. The van der Waals surface area contributed by atoms with Gasteiger partial charge in [-0.3, -0.25) is 4.90 Å². The highest BCUT2D eigenvalue weighted by atomic mass is 16.5. The van der Waals surface area contributed by atoms with Crippen molar-refractivity contribution in [2.24, 2.45) is 10.9 Å². The molecule has 0 aromatic rings. The van der Waals surface area contributed by atoms with Gasteiger partial charge in [-0.05, 0) is 13.3 Å². The second-order valence-corrected chi connectivity index (χ2v) is 4.54. The van der Waals surface area contributed by atoms with E-state index in [0.29, 0.717) is 19.6 Å². The van der Waals surface area contributed by atoms with Crippen molar-refractivity contribution < 1.29 is 15.1 Å². The lowest BCUT2D eigenvalue weighted by Crippen LogP contribution is -2.54. The Hall–Kier alpha value is -0.850. The summed E-state index contributed by atoms with van der Waals surface area (Å²) in [5, 5.41) is 20.8. The van der Waals surface area contributed by atoms with Crippen LogP contribution in [0.25, 0.3) is 0 Å². The molecule has 1 aliphatic heterocycles. The third-order valence-electron chi connectivity index (χ3n) is 3.27. The Bertz CT molecular complexity index is 260. The molecule has 6 heteroatoms. The van der Waals surface area contributed by atoms with E-state index in [-0.39, 0.29) is 30.6 Å². The summed E-state index contributed by atoms with van der Waals surface area (Å²) in [5.41, 5.74) is 5.56. The molecule has 0 saturated carbocycles. The van der Waals surface area contributed by atoms with E-state index in [1.165, 1.54) is 0 Å². The minimum Gasteiger partial charge on any atom is -0.409 e. The van der Waals surface area contributed by atoms with Crippen LogP contribution in [0, 0.1) is 0 Å². The fourth-order valence-corrected chi connectivity index (χ4v) is 2.24. The second-order valence-electron chi connectivity index (χ2n) is 4.54. The van der Waals surface area contributed by atoms with Crippen LogP contribution in [0.2, 0.25) is 0 Å². The molecule has 3 unspecified atom stereocenters. The Labute approximate surface area is 102 Å². The molecular formula is C11H23N3O3. The van der Waals surface area contributed by atoms with Crippen molar-refractivity contribution in [2.45, 2.75) is 44.9 Å². The van der Waals surface area contributed by atoms with Crippen molar-refractivity contribution >= 4 is 5.84 Å². The summed E-state index contributed by atoms with van der Waals surface area (Å²) in [7, 11) is 0. The molecule has 1 heterocycles. The molecular weight excluding hydrogens is 222 g/mol. The highest BCUT2D eigenvalue weighted by Crippen LogP contribution is 2.19. The molecule has 1 saturated heterocycles. The summed E-state index contributed by atoms with van der Waals surface area (Å²) in [5.74, 6) is 0.246.